The number of aromatic nitrogens is 1. The fourth-order valence-electron chi connectivity index (χ4n) is 2.13. The molecule has 0 aliphatic carbocycles. The van der Waals surface area contributed by atoms with Crippen LogP contribution in [0.1, 0.15) is 33.4 Å². The molecular formula is C16H18N2O4S. The number of hydrogen-bond acceptors (Lipinski definition) is 5. The van der Waals surface area contributed by atoms with E-state index >= 15 is 0 Å². The van der Waals surface area contributed by atoms with Crippen molar-refractivity contribution in [2.75, 3.05) is 5.75 Å². The molecule has 0 atom stereocenters. The number of ether oxygens (including phenoxy) is 1. The van der Waals surface area contributed by atoms with E-state index in [1.165, 1.54) is 24.4 Å². The summed E-state index contributed by atoms with van der Waals surface area (Å²) >= 11 is 0. The summed E-state index contributed by atoms with van der Waals surface area (Å²) in [6.45, 7) is 6.75. The molecule has 0 saturated carbocycles. The zero-order chi connectivity index (χ0) is 17.4. The van der Waals surface area contributed by atoms with Crippen molar-refractivity contribution in [3.05, 3.63) is 30.1 Å². The van der Waals surface area contributed by atoms with Crippen LogP contribution in [0.3, 0.4) is 0 Å². The van der Waals surface area contributed by atoms with Crippen molar-refractivity contribution in [3.63, 3.8) is 0 Å². The van der Waals surface area contributed by atoms with Crippen LogP contribution in [0.15, 0.2) is 29.3 Å². The summed E-state index contributed by atoms with van der Waals surface area (Å²) in [5.74, 6) is -0.0175. The summed E-state index contributed by atoms with van der Waals surface area (Å²) in [4.78, 5) is 12.4. The molecule has 2 aromatic rings. The molecule has 0 aliphatic heterocycles. The summed E-state index contributed by atoms with van der Waals surface area (Å²) in [5.41, 5.74) is -0.577. The van der Waals surface area contributed by atoms with E-state index in [2.05, 4.69) is 0 Å². The zero-order valence-electron chi connectivity index (χ0n) is 13.5. The predicted molar refractivity (Wildman–Crippen MR) is 86.0 cm³/mol. The molecule has 1 heterocycles. The fourth-order valence-corrected chi connectivity index (χ4v) is 3.04. The molecule has 0 unspecified atom stereocenters. The first-order valence-corrected chi connectivity index (χ1v) is 8.75. The minimum atomic E-state index is -3.36. The lowest BCUT2D eigenvalue weighted by atomic mass is 10.2. The van der Waals surface area contributed by atoms with Crippen molar-refractivity contribution in [1.82, 2.24) is 4.57 Å². The largest absolute Gasteiger partial charge is 0.443 e. The molecule has 2 rings (SSSR count). The highest BCUT2D eigenvalue weighted by Gasteiger charge is 2.22. The van der Waals surface area contributed by atoms with Crippen LogP contribution in [0.4, 0.5) is 4.79 Å². The number of fused-ring (bicyclic) bond motifs is 1. The molecule has 0 aliphatic rings. The van der Waals surface area contributed by atoms with Gasteiger partial charge in [0.1, 0.15) is 17.4 Å². The quantitative estimate of drug-likeness (QED) is 0.842. The molecule has 0 bridgehead atoms. The smallest absolute Gasteiger partial charge is 0.419 e. The minimum absolute atomic E-state index is 0.0175. The van der Waals surface area contributed by atoms with Crippen molar-refractivity contribution in [1.29, 1.82) is 5.26 Å². The number of nitriles is 1. The van der Waals surface area contributed by atoms with Crippen LogP contribution in [0, 0.1) is 11.3 Å². The van der Waals surface area contributed by atoms with E-state index in [-0.39, 0.29) is 16.3 Å². The number of nitrogens with zero attached hydrogens (tertiary/aromatic N) is 2. The SMILES string of the molecule is CCS(=O)(=O)c1ccc2c(C#N)n(C(=O)OC(C)(C)C)cc2c1. The summed E-state index contributed by atoms with van der Waals surface area (Å²) in [6, 6.07) is 6.42. The normalized spacial score (nSPS) is 12.1. The van der Waals surface area contributed by atoms with Crippen molar-refractivity contribution in [2.45, 2.75) is 38.2 Å². The van der Waals surface area contributed by atoms with E-state index < -0.39 is 21.5 Å². The Morgan fingerprint density at radius 2 is 2.00 bits per heavy atom. The van der Waals surface area contributed by atoms with Gasteiger partial charge in [-0.3, -0.25) is 0 Å². The summed E-state index contributed by atoms with van der Waals surface area (Å²) in [7, 11) is -3.36. The van der Waals surface area contributed by atoms with Crippen molar-refractivity contribution in [3.8, 4) is 6.07 Å². The number of carbonyl (C=O) groups is 1. The lowest BCUT2D eigenvalue weighted by Crippen LogP contribution is -2.27. The Bertz CT molecular complexity index is 912. The van der Waals surface area contributed by atoms with Gasteiger partial charge in [0.25, 0.3) is 0 Å². The van der Waals surface area contributed by atoms with E-state index in [0.717, 1.165) is 4.57 Å². The maximum atomic E-state index is 12.2. The average molecular weight is 334 g/mol. The Labute approximate surface area is 135 Å². The van der Waals surface area contributed by atoms with Crippen LogP contribution in [-0.2, 0) is 14.6 Å². The summed E-state index contributed by atoms with van der Waals surface area (Å²) in [6.07, 6.45) is 0.751. The number of sulfone groups is 1. The lowest BCUT2D eigenvalue weighted by Gasteiger charge is -2.19. The van der Waals surface area contributed by atoms with Gasteiger partial charge in [0, 0.05) is 17.0 Å². The third kappa shape index (κ3) is 3.37. The third-order valence-electron chi connectivity index (χ3n) is 3.22. The van der Waals surface area contributed by atoms with Gasteiger partial charge >= 0.3 is 6.09 Å². The Hall–Kier alpha value is -2.33. The van der Waals surface area contributed by atoms with Gasteiger partial charge < -0.3 is 4.74 Å². The Morgan fingerprint density at radius 3 is 2.52 bits per heavy atom. The topological polar surface area (TPSA) is 89.2 Å². The van der Waals surface area contributed by atoms with Gasteiger partial charge in [0.2, 0.25) is 0 Å². The van der Waals surface area contributed by atoms with Crippen LogP contribution in [-0.4, -0.2) is 30.4 Å². The number of benzene rings is 1. The minimum Gasteiger partial charge on any atom is -0.443 e. The second-order valence-corrected chi connectivity index (χ2v) is 8.37. The molecule has 122 valence electrons. The van der Waals surface area contributed by atoms with E-state index in [1.807, 2.05) is 6.07 Å². The van der Waals surface area contributed by atoms with Crippen molar-refractivity contribution >= 4 is 26.7 Å². The number of rotatable bonds is 2. The van der Waals surface area contributed by atoms with Gasteiger partial charge in [-0.2, -0.15) is 5.26 Å². The van der Waals surface area contributed by atoms with Crippen LogP contribution < -0.4 is 0 Å². The zero-order valence-corrected chi connectivity index (χ0v) is 14.3. The van der Waals surface area contributed by atoms with Gasteiger partial charge in [-0.25, -0.2) is 17.8 Å². The predicted octanol–water partition coefficient (Wildman–Crippen LogP) is 3.09. The molecule has 1 aromatic carbocycles. The van der Waals surface area contributed by atoms with Gasteiger partial charge in [-0.15, -0.1) is 0 Å². The van der Waals surface area contributed by atoms with E-state index in [9.17, 15) is 18.5 Å². The highest BCUT2D eigenvalue weighted by atomic mass is 32.2. The van der Waals surface area contributed by atoms with Gasteiger partial charge in [-0.05, 0) is 32.9 Å². The fraction of sp³-hybridized carbons (Fsp3) is 0.375. The molecule has 0 fully saturated rings. The highest BCUT2D eigenvalue weighted by molar-refractivity contribution is 7.91. The van der Waals surface area contributed by atoms with Crippen LogP contribution >= 0.6 is 0 Å². The standard InChI is InChI=1S/C16H18N2O4S/c1-5-23(20,21)12-6-7-13-11(8-12)10-18(14(13)9-17)15(19)22-16(2,3)4/h6-8,10H,5H2,1-4H3. The monoisotopic (exact) mass is 334 g/mol. The van der Waals surface area contributed by atoms with Gasteiger partial charge in [-0.1, -0.05) is 13.0 Å². The van der Waals surface area contributed by atoms with E-state index in [1.54, 1.807) is 27.7 Å². The molecule has 0 saturated heterocycles. The lowest BCUT2D eigenvalue weighted by molar-refractivity contribution is 0.0536. The van der Waals surface area contributed by atoms with Crippen LogP contribution in [0.2, 0.25) is 0 Å². The summed E-state index contributed by atoms with van der Waals surface area (Å²) in [5, 5.41) is 10.3. The highest BCUT2D eigenvalue weighted by Crippen LogP contribution is 2.25. The summed E-state index contributed by atoms with van der Waals surface area (Å²) < 4.78 is 30.3. The maximum absolute atomic E-state index is 12.2. The third-order valence-corrected chi connectivity index (χ3v) is 4.95. The van der Waals surface area contributed by atoms with Crippen LogP contribution in [0.25, 0.3) is 10.8 Å². The first-order valence-electron chi connectivity index (χ1n) is 7.10. The molecule has 23 heavy (non-hydrogen) atoms. The molecule has 0 amide bonds. The molecule has 1 aromatic heterocycles. The Balaban J connectivity index is 2.61. The molecule has 7 heteroatoms. The number of carbonyl (C=O) groups excluding carboxylic acids is 1. The van der Waals surface area contributed by atoms with E-state index in [0.29, 0.717) is 10.8 Å². The van der Waals surface area contributed by atoms with Gasteiger partial charge in [0.15, 0.2) is 9.84 Å². The molecule has 0 radical (unpaired) electrons. The molecule has 6 nitrogen and oxygen atoms in total. The first-order chi connectivity index (χ1) is 10.6. The molecular weight excluding hydrogens is 316 g/mol. The van der Waals surface area contributed by atoms with E-state index in [4.69, 9.17) is 4.74 Å². The Morgan fingerprint density at radius 1 is 1.35 bits per heavy atom. The van der Waals surface area contributed by atoms with Crippen molar-refractivity contribution < 1.29 is 17.9 Å². The molecule has 0 N–H and O–H groups in total. The first kappa shape index (κ1) is 17.0. The van der Waals surface area contributed by atoms with Crippen LogP contribution in [0.5, 0.6) is 0 Å². The number of hydrogen-bond donors (Lipinski definition) is 0. The van der Waals surface area contributed by atoms with Crippen molar-refractivity contribution in [2.24, 2.45) is 0 Å². The second kappa shape index (κ2) is 5.70. The Kier molecular flexibility index (Phi) is 4.22. The molecule has 0 spiro atoms. The second-order valence-electron chi connectivity index (χ2n) is 6.09. The average Bonchev–Trinajstić information content (AvgIpc) is 2.83. The maximum Gasteiger partial charge on any atom is 0.419 e. The van der Waals surface area contributed by atoms with Gasteiger partial charge in [0.05, 0.1) is 10.6 Å².